The molecule has 2 nitrogen and oxygen atoms in total. The molecule has 0 aromatic heterocycles. The molecule has 0 heterocycles. The van der Waals surface area contributed by atoms with E-state index in [0.717, 1.165) is 25.8 Å². The first kappa shape index (κ1) is 13.6. The van der Waals surface area contributed by atoms with Gasteiger partial charge in [0.1, 0.15) is 0 Å². The van der Waals surface area contributed by atoms with E-state index in [1.165, 1.54) is 31.2 Å². The molecule has 0 aliphatic heterocycles. The zero-order valence-corrected chi connectivity index (χ0v) is 11.4. The van der Waals surface area contributed by atoms with Crippen molar-refractivity contribution in [3.8, 4) is 0 Å². The number of benzene rings is 1. The van der Waals surface area contributed by atoms with Crippen LogP contribution in [0.1, 0.15) is 38.2 Å². The van der Waals surface area contributed by atoms with E-state index in [-0.39, 0.29) is 0 Å². The molecule has 1 fully saturated rings. The zero-order chi connectivity index (χ0) is 12.6. The minimum atomic E-state index is 0.666. The molecule has 0 saturated heterocycles. The van der Waals surface area contributed by atoms with E-state index in [9.17, 15) is 0 Å². The van der Waals surface area contributed by atoms with Crippen LogP contribution in [0.2, 0.25) is 0 Å². The Morgan fingerprint density at radius 1 is 1.28 bits per heavy atom. The van der Waals surface area contributed by atoms with E-state index in [4.69, 9.17) is 4.74 Å². The van der Waals surface area contributed by atoms with Gasteiger partial charge in [0.25, 0.3) is 0 Å². The van der Waals surface area contributed by atoms with Crippen molar-refractivity contribution in [2.75, 3.05) is 13.2 Å². The van der Waals surface area contributed by atoms with Crippen molar-refractivity contribution < 1.29 is 4.74 Å². The Balaban J connectivity index is 1.64. The van der Waals surface area contributed by atoms with E-state index in [2.05, 4.69) is 36.5 Å². The molecule has 1 aromatic rings. The summed E-state index contributed by atoms with van der Waals surface area (Å²) in [5, 5.41) is 3.61. The summed E-state index contributed by atoms with van der Waals surface area (Å²) in [6.07, 6.45) is 5.23. The molecule has 1 unspecified atom stereocenters. The normalized spacial score (nSPS) is 16.7. The molecule has 2 heteroatoms. The Labute approximate surface area is 111 Å². The average molecular weight is 247 g/mol. The largest absolute Gasteiger partial charge is 0.376 e. The summed E-state index contributed by atoms with van der Waals surface area (Å²) in [6, 6.07) is 11.2. The second-order valence-corrected chi connectivity index (χ2v) is 5.34. The highest BCUT2D eigenvalue weighted by molar-refractivity contribution is 5.13. The predicted octanol–water partition coefficient (Wildman–Crippen LogP) is 3.37. The highest BCUT2D eigenvalue weighted by atomic mass is 16.5. The van der Waals surface area contributed by atoms with Crippen LogP contribution in [0.25, 0.3) is 0 Å². The fourth-order valence-corrected chi connectivity index (χ4v) is 2.19. The van der Waals surface area contributed by atoms with Crippen molar-refractivity contribution in [3.63, 3.8) is 0 Å². The van der Waals surface area contributed by atoms with Crippen molar-refractivity contribution in [1.29, 1.82) is 0 Å². The number of nitrogens with one attached hydrogen (secondary N) is 1. The first-order valence-electron chi connectivity index (χ1n) is 7.23. The van der Waals surface area contributed by atoms with Gasteiger partial charge in [-0.3, -0.25) is 0 Å². The maximum Gasteiger partial charge on any atom is 0.0717 e. The molecule has 0 amide bonds. The summed E-state index contributed by atoms with van der Waals surface area (Å²) in [5.41, 5.74) is 1.27. The van der Waals surface area contributed by atoms with Crippen LogP contribution < -0.4 is 5.32 Å². The number of ether oxygens (including phenoxy) is 1. The van der Waals surface area contributed by atoms with Crippen LogP contribution in [0.3, 0.4) is 0 Å². The lowest BCUT2D eigenvalue weighted by atomic mass is 10.1. The summed E-state index contributed by atoms with van der Waals surface area (Å²) < 4.78 is 5.85. The molecule has 1 N–H and O–H groups in total. The molecule has 0 radical (unpaired) electrons. The summed E-state index contributed by atoms with van der Waals surface area (Å²) in [5.74, 6) is 0.666. The van der Waals surface area contributed by atoms with Crippen molar-refractivity contribution >= 4 is 0 Å². The minimum absolute atomic E-state index is 0.666. The summed E-state index contributed by atoms with van der Waals surface area (Å²) in [6.45, 7) is 4.99. The van der Waals surface area contributed by atoms with Gasteiger partial charge in [-0.1, -0.05) is 43.7 Å². The fraction of sp³-hybridized carbons (Fsp3) is 0.625. The van der Waals surface area contributed by atoms with Gasteiger partial charge in [0, 0.05) is 12.6 Å². The highest BCUT2D eigenvalue weighted by Crippen LogP contribution is 2.19. The Morgan fingerprint density at radius 3 is 2.72 bits per heavy atom. The Hall–Kier alpha value is -0.860. The summed E-state index contributed by atoms with van der Waals surface area (Å²) in [4.78, 5) is 0. The lowest BCUT2D eigenvalue weighted by Gasteiger charge is -2.17. The Bertz CT molecular complexity index is 321. The first-order valence-corrected chi connectivity index (χ1v) is 7.23. The topological polar surface area (TPSA) is 21.3 Å². The van der Waals surface area contributed by atoms with Crippen LogP contribution >= 0.6 is 0 Å². The van der Waals surface area contributed by atoms with Gasteiger partial charge >= 0.3 is 0 Å². The SMILES string of the molecule is CCCC(CNC1CC1)COCc1ccccc1. The lowest BCUT2D eigenvalue weighted by Crippen LogP contribution is -2.27. The number of rotatable bonds is 9. The molecule has 1 aliphatic carbocycles. The third kappa shape index (κ3) is 5.19. The molecule has 1 aliphatic rings. The second kappa shape index (κ2) is 7.55. The molecular weight excluding hydrogens is 222 g/mol. The third-order valence-corrected chi connectivity index (χ3v) is 3.43. The Kier molecular flexibility index (Phi) is 5.69. The van der Waals surface area contributed by atoms with E-state index < -0.39 is 0 Å². The van der Waals surface area contributed by atoms with Gasteiger partial charge in [-0.25, -0.2) is 0 Å². The monoisotopic (exact) mass is 247 g/mol. The first-order chi connectivity index (χ1) is 8.88. The second-order valence-electron chi connectivity index (χ2n) is 5.34. The predicted molar refractivity (Wildman–Crippen MR) is 75.5 cm³/mol. The van der Waals surface area contributed by atoms with Gasteiger partial charge in [0.2, 0.25) is 0 Å². The smallest absolute Gasteiger partial charge is 0.0717 e. The maximum atomic E-state index is 5.85. The van der Waals surface area contributed by atoms with Crippen LogP contribution in [-0.2, 0) is 11.3 Å². The molecule has 1 aromatic carbocycles. The summed E-state index contributed by atoms with van der Waals surface area (Å²) in [7, 11) is 0. The van der Waals surface area contributed by atoms with Crippen molar-refractivity contribution in [3.05, 3.63) is 35.9 Å². The van der Waals surface area contributed by atoms with Gasteiger partial charge in [-0.05, 0) is 30.7 Å². The van der Waals surface area contributed by atoms with E-state index >= 15 is 0 Å². The van der Waals surface area contributed by atoms with Crippen molar-refractivity contribution in [1.82, 2.24) is 5.32 Å². The highest BCUT2D eigenvalue weighted by Gasteiger charge is 2.21. The van der Waals surface area contributed by atoms with E-state index in [0.29, 0.717) is 5.92 Å². The maximum absolute atomic E-state index is 5.85. The van der Waals surface area contributed by atoms with Gasteiger partial charge in [0.15, 0.2) is 0 Å². The third-order valence-electron chi connectivity index (χ3n) is 3.43. The molecule has 1 saturated carbocycles. The molecular formula is C16H25NO. The lowest BCUT2D eigenvalue weighted by molar-refractivity contribution is 0.0833. The number of hydrogen-bond donors (Lipinski definition) is 1. The molecule has 0 bridgehead atoms. The molecule has 18 heavy (non-hydrogen) atoms. The number of hydrogen-bond acceptors (Lipinski definition) is 2. The van der Waals surface area contributed by atoms with Crippen molar-refractivity contribution in [2.24, 2.45) is 5.92 Å². The molecule has 100 valence electrons. The van der Waals surface area contributed by atoms with Crippen LogP contribution in [0.5, 0.6) is 0 Å². The average Bonchev–Trinajstić information content (AvgIpc) is 3.21. The molecule has 0 spiro atoms. The summed E-state index contributed by atoms with van der Waals surface area (Å²) >= 11 is 0. The van der Waals surface area contributed by atoms with E-state index in [1.54, 1.807) is 0 Å². The molecule has 1 atom stereocenters. The van der Waals surface area contributed by atoms with Crippen molar-refractivity contribution in [2.45, 2.75) is 45.3 Å². The van der Waals surface area contributed by atoms with Gasteiger partial charge in [-0.15, -0.1) is 0 Å². The zero-order valence-electron chi connectivity index (χ0n) is 11.4. The van der Waals surface area contributed by atoms with Crippen LogP contribution in [0, 0.1) is 5.92 Å². The standard InChI is InChI=1S/C16H25NO/c1-2-6-15(11-17-16-9-10-16)13-18-12-14-7-4-3-5-8-14/h3-5,7-8,15-17H,2,6,9-13H2,1H3. The fourth-order valence-electron chi connectivity index (χ4n) is 2.19. The quantitative estimate of drug-likeness (QED) is 0.722. The molecule has 2 rings (SSSR count). The Morgan fingerprint density at radius 2 is 2.06 bits per heavy atom. The minimum Gasteiger partial charge on any atom is -0.376 e. The van der Waals surface area contributed by atoms with Gasteiger partial charge in [-0.2, -0.15) is 0 Å². The van der Waals surface area contributed by atoms with Crippen LogP contribution in [0.15, 0.2) is 30.3 Å². The van der Waals surface area contributed by atoms with Crippen LogP contribution in [0.4, 0.5) is 0 Å². The van der Waals surface area contributed by atoms with E-state index in [1.807, 2.05) is 6.07 Å². The van der Waals surface area contributed by atoms with Crippen LogP contribution in [-0.4, -0.2) is 19.2 Å². The van der Waals surface area contributed by atoms with Gasteiger partial charge < -0.3 is 10.1 Å². The van der Waals surface area contributed by atoms with Gasteiger partial charge in [0.05, 0.1) is 13.2 Å².